The molecule has 0 saturated heterocycles. The Morgan fingerprint density at radius 3 is 2.65 bits per heavy atom. The zero-order valence-corrected chi connectivity index (χ0v) is 15.9. The van der Waals surface area contributed by atoms with Crippen LogP contribution in [0.25, 0.3) is 0 Å². The number of nitrogens with zero attached hydrogens (tertiary/aromatic N) is 4. The molecular weight excluding hydrogens is 368 g/mol. The fourth-order valence-corrected chi connectivity index (χ4v) is 3.31. The van der Waals surface area contributed by atoms with Gasteiger partial charge in [0.05, 0.1) is 6.21 Å². The Balaban J connectivity index is 1.81. The van der Waals surface area contributed by atoms with Crippen LogP contribution < -0.4 is 0 Å². The Labute approximate surface area is 161 Å². The summed E-state index contributed by atoms with van der Waals surface area (Å²) in [6, 6.07) is 14.8. The first-order chi connectivity index (χ1) is 12.7. The third-order valence-electron chi connectivity index (χ3n) is 3.68. The first kappa shape index (κ1) is 18.5. The van der Waals surface area contributed by atoms with Gasteiger partial charge in [0.2, 0.25) is 5.16 Å². The van der Waals surface area contributed by atoms with E-state index >= 15 is 0 Å². The molecule has 5 nitrogen and oxygen atoms in total. The molecule has 0 radical (unpaired) electrons. The molecule has 3 aromatic rings. The van der Waals surface area contributed by atoms with Gasteiger partial charge in [0, 0.05) is 22.8 Å². The van der Waals surface area contributed by atoms with Crippen LogP contribution in [0.3, 0.4) is 0 Å². The van der Waals surface area contributed by atoms with Gasteiger partial charge >= 0.3 is 0 Å². The molecule has 1 N–H and O–H groups in total. The molecule has 7 heteroatoms. The average molecular weight is 387 g/mol. The first-order valence-corrected chi connectivity index (χ1v) is 9.67. The third-order valence-corrected chi connectivity index (χ3v) is 4.92. The highest BCUT2D eigenvalue weighted by atomic mass is 35.5. The van der Waals surface area contributed by atoms with Gasteiger partial charge in [-0.25, -0.2) is 0 Å². The van der Waals surface area contributed by atoms with Gasteiger partial charge in [-0.05, 0) is 36.2 Å². The molecular formula is C19H19ClN4OS. The van der Waals surface area contributed by atoms with Gasteiger partial charge in [0.25, 0.3) is 0 Å². The maximum Gasteiger partial charge on any atom is 0.212 e. The number of aromatic hydroxyl groups is 1. The maximum atomic E-state index is 9.91. The smallest absolute Gasteiger partial charge is 0.212 e. The van der Waals surface area contributed by atoms with Crippen molar-refractivity contribution in [1.82, 2.24) is 14.9 Å². The van der Waals surface area contributed by atoms with Crippen molar-refractivity contribution in [2.75, 3.05) is 0 Å². The molecule has 0 spiro atoms. The molecule has 1 aromatic heterocycles. The van der Waals surface area contributed by atoms with Gasteiger partial charge in [-0.1, -0.05) is 54.6 Å². The number of phenols is 1. The Hall–Kier alpha value is -2.31. The molecule has 0 amide bonds. The number of aryl methyl sites for hydroxylation is 1. The van der Waals surface area contributed by atoms with Crippen molar-refractivity contribution < 1.29 is 5.11 Å². The van der Waals surface area contributed by atoms with E-state index in [9.17, 15) is 5.11 Å². The van der Waals surface area contributed by atoms with Gasteiger partial charge in [-0.3, -0.25) is 0 Å². The standard InChI is InChI=1S/C19H19ClN4OS/c1-2-5-18-22-23-19(26-13-14-8-10-16(20)11-9-14)24(18)21-12-15-6-3-4-7-17(15)25/h3-4,6-12,25H,2,5,13H2,1H3/b21-12+. The quantitative estimate of drug-likeness (QED) is 0.469. The van der Waals surface area contributed by atoms with Crippen LogP contribution in [0, 0.1) is 0 Å². The van der Waals surface area contributed by atoms with Crippen LogP contribution in [-0.4, -0.2) is 26.2 Å². The first-order valence-electron chi connectivity index (χ1n) is 8.31. The predicted octanol–water partition coefficient (Wildman–Crippen LogP) is 4.76. The number of para-hydroxylation sites is 1. The molecule has 0 unspecified atom stereocenters. The second kappa shape index (κ2) is 8.87. The lowest BCUT2D eigenvalue weighted by Crippen LogP contribution is -2.00. The number of thioether (sulfide) groups is 1. The Kier molecular flexibility index (Phi) is 6.30. The highest BCUT2D eigenvalue weighted by molar-refractivity contribution is 7.98. The molecule has 26 heavy (non-hydrogen) atoms. The Bertz CT molecular complexity index is 893. The Morgan fingerprint density at radius 1 is 1.15 bits per heavy atom. The highest BCUT2D eigenvalue weighted by Gasteiger charge is 2.12. The molecule has 2 aromatic carbocycles. The minimum absolute atomic E-state index is 0.191. The zero-order chi connectivity index (χ0) is 18.4. The summed E-state index contributed by atoms with van der Waals surface area (Å²) in [5.74, 6) is 1.74. The van der Waals surface area contributed by atoms with Gasteiger partial charge < -0.3 is 5.11 Å². The van der Waals surface area contributed by atoms with E-state index in [0.29, 0.717) is 5.56 Å². The second-order valence-corrected chi connectivity index (χ2v) is 7.06. The number of phenolic OH excluding ortho intramolecular Hbond substituents is 1. The fraction of sp³-hybridized carbons (Fsp3) is 0.211. The lowest BCUT2D eigenvalue weighted by atomic mass is 10.2. The molecule has 0 saturated carbocycles. The van der Waals surface area contributed by atoms with E-state index in [1.807, 2.05) is 36.4 Å². The van der Waals surface area contributed by atoms with Crippen molar-refractivity contribution in [1.29, 1.82) is 0 Å². The van der Waals surface area contributed by atoms with Crippen LogP contribution in [0.4, 0.5) is 0 Å². The van der Waals surface area contributed by atoms with Gasteiger partial charge in [0.15, 0.2) is 5.82 Å². The number of benzene rings is 2. The molecule has 3 rings (SSSR count). The van der Waals surface area contributed by atoms with Crippen molar-refractivity contribution in [3.05, 3.63) is 70.5 Å². The summed E-state index contributed by atoms with van der Waals surface area (Å²) in [5.41, 5.74) is 1.80. The van der Waals surface area contributed by atoms with Gasteiger partial charge in [-0.2, -0.15) is 9.78 Å². The topological polar surface area (TPSA) is 63.3 Å². The van der Waals surface area contributed by atoms with E-state index in [2.05, 4.69) is 22.2 Å². The van der Waals surface area contributed by atoms with E-state index < -0.39 is 0 Å². The summed E-state index contributed by atoms with van der Waals surface area (Å²) in [6.07, 6.45) is 3.36. The van der Waals surface area contributed by atoms with E-state index in [-0.39, 0.29) is 5.75 Å². The van der Waals surface area contributed by atoms with Crippen molar-refractivity contribution in [3.63, 3.8) is 0 Å². The summed E-state index contributed by atoms with van der Waals surface area (Å²) < 4.78 is 1.75. The lowest BCUT2D eigenvalue weighted by molar-refractivity contribution is 0.474. The van der Waals surface area contributed by atoms with Crippen molar-refractivity contribution in [2.24, 2.45) is 5.10 Å². The lowest BCUT2D eigenvalue weighted by Gasteiger charge is -2.05. The second-order valence-electron chi connectivity index (χ2n) is 5.68. The van der Waals surface area contributed by atoms with Crippen LogP contribution in [0.15, 0.2) is 58.8 Å². The van der Waals surface area contributed by atoms with Crippen molar-refractivity contribution in [2.45, 2.75) is 30.7 Å². The minimum atomic E-state index is 0.191. The molecule has 0 aliphatic carbocycles. The van der Waals surface area contributed by atoms with E-state index in [0.717, 1.165) is 40.2 Å². The SMILES string of the molecule is CCCc1nnc(SCc2ccc(Cl)cc2)n1/N=C/c1ccccc1O. The van der Waals surface area contributed by atoms with Crippen LogP contribution in [-0.2, 0) is 12.2 Å². The van der Waals surface area contributed by atoms with Crippen LogP contribution in [0.1, 0.15) is 30.3 Å². The fourth-order valence-electron chi connectivity index (χ4n) is 2.33. The van der Waals surface area contributed by atoms with Crippen molar-refractivity contribution >= 4 is 29.6 Å². The largest absolute Gasteiger partial charge is 0.507 e. The van der Waals surface area contributed by atoms with Crippen LogP contribution in [0.5, 0.6) is 5.75 Å². The van der Waals surface area contributed by atoms with Crippen LogP contribution in [0.2, 0.25) is 5.02 Å². The normalized spacial score (nSPS) is 11.3. The summed E-state index contributed by atoms with van der Waals surface area (Å²) >= 11 is 7.49. The Morgan fingerprint density at radius 2 is 1.92 bits per heavy atom. The molecule has 0 bridgehead atoms. The average Bonchev–Trinajstić information content (AvgIpc) is 3.03. The van der Waals surface area contributed by atoms with Gasteiger partial charge in [-0.15, -0.1) is 10.2 Å². The maximum absolute atomic E-state index is 9.91. The summed E-state index contributed by atoms with van der Waals surface area (Å²) in [5, 5.41) is 24.4. The summed E-state index contributed by atoms with van der Waals surface area (Å²) in [6.45, 7) is 2.09. The van der Waals surface area contributed by atoms with E-state index in [1.165, 1.54) is 0 Å². The molecule has 0 aliphatic rings. The number of aromatic nitrogens is 3. The van der Waals surface area contributed by atoms with Crippen LogP contribution >= 0.6 is 23.4 Å². The highest BCUT2D eigenvalue weighted by Crippen LogP contribution is 2.23. The van der Waals surface area contributed by atoms with Gasteiger partial charge in [0.1, 0.15) is 5.75 Å². The van der Waals surface area contributed by atoms with Crippen molar-refractivity contribution in [3.8, 4) is 5.75 Å². The third kappa shape index (κ3) is 4.65. The monoisotopic (exact) mass is 386 g/mol. The molecule has 0 fully saturated rings. The number of hydrogen-bond donors (Lipinski definition) is 1. The van der Waals surface area contributed by atoms with E-state index in [1.54, 1.807) is 34.8 Å². The molecule has 0 atom stereocenters. The molecule has 1 heterocycles. The zero-order valence-electron chi connectivity index (χ0n) is 14.3. The minimum Gasteiger partial charge on any atom is -0.507 e. The number of hydrogen-bond acceptors (Lipinski definition) is 5. The molecule has 134 valence electrons. The molecule has 0 aliphatic heterocycles. The predicted molar refractivity (Wildman–Crippen MR) is 106 cm³/mol. The number of rotatable bonds is 7. The van der Waals surface area contributed by atoms with E-state index in [4.69, 9.17) is 11.6 Å². The summed E-state index contributed by atoms with van der Waals surface area (Å²) in [7, 11) is 0. The number of halogens is 1. The summed E-state index contributed by atoms with van der Waals surface area (Å²) in [4.78, 5) is 0.